The molecule has 3 aliphatic heterocycles. The summed E-state index contributed by atoms with van der Waals surface area (Å²) >= 11 is 0. The van der Waals surface area contributed by atoms with Crippen molar-refractivity contribution in [3.8, 4) is 11.3 Å². The summed E-state index contributed by atoms with van der Waals surface area (Å²) in [6.45, 7) is 14.7. The van der Waals surface area contributed by atoms with Crippen molar-refractivity contribution in [2.45, 2.75) is 59.0 Å². The van der Waals surface area contributed by atoms with Crippen LogP contribution >= 0.6 is 0 Å². The van der Waals surface area contributed by atoms with E-state index in [0.717, 1.165) is 55.1 Å². The van der Waals surface area contributed by atoms with Crippen molar-refractivity contribution in [1.82, 2.24) is 24.8 Å². The summed E-state index contributed by atoms with van der Waals surface area (Å²) in [4.78, 5) is 38.2. The first-order chi connectivity index (χ1) is 16.6. The Bertz CT molecular complexity index is 1120. The van der Waals surface area contributed by atoms with E-state index in [1.165, 1.54) is 0 Å². The lowest BCUT2D eigenvalue weighted by molar-refractivity contribution is -0.138. The van der Waals surface area contributed by atoms with Gasteiger partial charge in [0.2, 0.25) is 17.8 Å². The Morgan fingerprint density at radius 3 is 2.60 bits per heavy atom. The first kappa shape index (κ1) is 23.7. The van der Waals surface area contributed by atoms with E-state index in [1.54, 1.807) is 12.4 Å². The minimum absolute atomic E-state index is 0.175. The van der Waals surface area contributed by atoms with E-state index in [-0.39, 0.29) is 23.4 Å². The lowest BCUT2D eigenvalue weighted by Crippen LogP contribution is -2.50. The average Bonchev–Trinajstić information content (AvgIpc) is 3.43. The molecular formula is C25H36N8O2. The second kappa shape index (κ2) is 8.58. The number of carbonyl (C=O) groups is 1. The van der Waals surface area contributed by atoms with Gasteiger partial charge in [-0.25, -0.2) is 15.0 Å². The number of ether oxygens (including phenoxy) is 1. The van der Waals surface area contributed by atoms with Gasteiger partial charge in [-0.05, 0) is 26.7 Å². The van der Waals surface area contributed by atoms with E-state index >= 15 is 0 Å². The van der Waals surface area contributed by atoms with Gasteiger partial charge in [0.05, 0.1) is 30.5 Å². The third kappa shape index (κ3) is 4.28. The Kier molecular flexibility index (Phi) is 5.82. The van der Waals surface area contributed by atoms with E-state index in [2.05, 4.69) is 33.6 Å². The van der Waals surface area contributed by atoms with Crippen LogP contribution in [0.1, 0.15) is 46.6 Å². The Labute approximate surface area is 206 Å². The van der Waals surface area contributed by atoms with Crippen molar-refractivity contribution in [3.05, 3.63) is 18.0 Å². The standard InChI is InChI=1S/C25H36N8O2/c1-16-14-35-11-10-32(16)23-29-19(17-12-27-22(26)28-13-17)18-6-8-33(20(18)30-23)25(5)7-9-31(15-25)21(34)24(2,3)4/h12-13,16H,6-11,14-15H2,1-5H3,(H2,26,27,28)/t16-,25-/m1/s1. The molecular weight excluding hydrogens is 444 g/mol. The Hall–Kier alpha value is -3.01. The fourth-order valence-corrected chi connectivity index (χ4v) is 5.43. The van der Waals surface area contributed by atoms with Crippen LogP contribution in [-0.2, 0) is 16.0 Å². The van der Waals surface area contributed by atoms with Gasteiger partial charge in [0.1, 0.15) is 5.82 Å². The van der Waals surface area contributed by atoms with Crippen molar-refractivity contribution in [2.75, 3.05) is 54.9 Å². The summed E-state index contributed by atoms with van der Waals surface area (Å²) < 4.78 is 5.66. The molecule has 0 saturated carbocycles. The van der Waals surface area contributed by atoms with Gasteiger partial charge in [-0.1, -0.05) is 20.8 Å². The molecule has 2 aromatic rings. The van der Waals surface area contributed by atoms with Crippen LogP contribution in [0.4, 0.5) is 17.7 Å². The molecule has 188 valence electrons. The Morgan fingerprint density at radius 2 is 1.91 bits per heavy atom. The first-order valence-electron chi connectivity index (χ1n) is 12.5. The molecule has 2 aromatic heterocycles. The molecule has 0 spiro atoms. The summed E-state index contributed by atoms with van der Waals surface area (Å²) in [6, 6.07) is 0.175. The van der Waals surface area contributed by atoms with Crippen LogP contribution in [0.2, 0.25) is 0 Å². The molecule has 2 N–H and O–H groups in total. The molecule has 5 heterocycles. The largest absolute Gasteiger partial charge is 0.377 e. The van der Waals surface area contributed by atoms with Crippen molar-refractivity contribution in [2.24, 2.45) is 5.41 Å². The number of nitrogens with zero attached hydrogens (tertiary/aromatic N) is 7. The number of amides is 1. The van der Waals surface area contributed by atoms with Gasteiger partial charge in [-0.2, -0.15) is 4.98 Å². The number of hydrogen-bond acceptors (Lipinski definition) is 9. The van der Waals surface area contributed by atoms with Crippen LogP contribution in [0.15, 0.2) is 12.4 Å². The van der Waals surface area contributed by atoms with Crippen molar-refractivity contribution in [1.29, 1.82) is 0 Å². The lowest BCUT2D eigenvalue weighted by atomic mass is 9.94. The molecule has 2 fully saturated rings. The van der Waals surface area contributed by atoms with Gasteiger partial charge < -0.3 is 25.2 Å². The molecule has 1 amide bonds. The number of rotatable bonds is 3. The average molecular weight is 481 g/mol. The number of fused-ring (bicyclic) bond motifs is 1. The second-order valence-corrected chi connectivity index (χ2v) is 11.2. The SMILES string of the molecule is C[C@@H]1COCCN1c1nc(-c2cnc(N)nc2)c2c(n1)N([C@]1(C)CCN(C(=O)C(C)(C)C)C1)CC2. The zero-order chi connectivity index (χ0) is 25.0. The van der Waals surface area contributed by atoms with Gasteiger partial charge in [-0.3, -0.25) is 4.79 Å². The highest BCUT2D eigenvalue weighted by Crippen LogP contribution is 2.42. The quantitative estimate of drug-likeness (QED) is 0.706. The number of morpholine rings is 1. The highest BCUT2D eigenvalue weighted by molar-refractivity contribution is 5.82. The maximum Gasteiger partial charge on any atom is 0.228 e. The number of hydrogen-bond donors (Lipinski definition) is 1. The van der Waals surface area contributed by atoms with Gasteiger partial charge in [0.25, 0.3) is 0 Å². The fourth-order valence-electron chi connectivity index (χ4n) is 5.43. The molecule has 0 unspecified atom stereocenters. The van der Waals surface area contributed by atoms with Gasteiger partial charge in [0.15, 0.2) is 0 Å². The molecule has 2 saturated heterocycles. The summed E-state index contributed by atoms with van der Waals surface area (Å²) in [5.74, 6) is 2.09. The minimum atomic E-state index is -0.391. The van der Waals surface area contributed by atoms with E-state index in [4.69, 9.17) is 20.4 Å². The molecule has 2 atom stereocenters. The Balaban J connectivity index is 1.55. The van der Waals surface area contributed by atoms with Gasteiger partial charge >= 0.3 is 0 Å². The monoisotopic (exact) mass is 480 g/mol. The molecule has 10 heteroatoms. The van der Waals surface area contributed by atoms with Crippen LogP contribution < -0.4 is 15.5 Å². The third-order valence-corrected chi connectivity index (χ3v) is 7.42. The smallest absolute Gasteiger partial charge is 0.228 e. The maximum absolute atomic E-state index is 13.0. The zero-order valence-corrected chi connectivity index (χ0v) is 21.4. The topological polar surface area (TPSA) is 114 Å². The molecule has 0 aromatic carbocycles. The van der Waals surface area contributed by atoms with E-state index in [0.29, 0.717) is 25.7 Å². The molecule has 0 aliphatic carbocycles. The number of likely N-dealkylation sites (tertiary alicyclic amines) is 1. The zero-order valence-electron chi connectivity index (χ0n) is 21.4. The third-order valence-electron chi connectivity index (χ3n) is 7.42. The summed E-state index contributed by atoms with van der Waals surface area (Å²) in [5, 5.41) is 0. The van der Waals surface area contributed by atoms with E-state index < -0.39 is 5.41 Å². The van der Waals surface area contributed by atoms with Crippen LogP contribution in [0.3, 0.4) is 0 Å². The minimum Gasteiger partial charge on any atom is -0.377 e. The maximum atomic E-state index is 13.0. The van der Waals surface area contributed by atoms with Crippen LogP contribution in [-0.4, -0.2) is 81.7 Å². The second-order valence-electron chi connectivity index (χ2n) is 11.2. The first-order valence-corrected chi connectivity index (χ1v) is 12.5. The molecule has 3 aliphatic rings. The molecule has 0 bridgehead atoms. The summed E-state index contributed by atoms with van der Waals surface area (Å²) in [7, 11) is 0. The normalized spacial score (nSPS) is 24.7. The molecule has 35 heavy (non-hydrogen) atoms. The van der Waals surface area contributed by atoms with Crippen LogP contribution in [0.25, 0.3) is 11.3 Å². The molecule has 5 rings (SSSR count). The van der Waals surface area contributed by atoms with Gasteiger partial charge in [0, 0.05) is 55.1 Å². The predicted molar refractivity (Wildman–Crippen MR) is 135 cm³/mol. The van der Waals surface area contributed by atoms with E-state index in [1.807, 2.05) is 25.7 Å². The highest BCUT2D eigenvalue weighted by atomic mass is 16.5. The van der Waals surface area contributed by atoms with Crippen molar-refractivity contribution in [3.63, 3.8) is 0 Å². The van der Waals surface area contributed by atoms with Crippen LogP contribution in [0.5, 0.6) is 0 Å². The molecule has 10 nitrogen and oxygen atoms in total. The van der Waals surface area contributed by atoms with E-state index in [9.17, 15) is 4.79 Å². The highest BCUT2D eigenvalue weighted by Gasteiger charge is 2.46. The predicted octanol–water partition coefficient (Wildman–Crippen LogP) is 2.14. The fraction of sp³-hybridized carbons (Fsp3) is 0.640. The number of anilines is 3. The summed E-state index contributed by atoms with van der Waals surface area (Å²) in [6.07, 6.45) is 5.21. The van der Waals surface area contributed by atoms with Crippen LogP contribution in [0, 0.1) is 5.41 Å². The Morgan fingerprint density at radius 1 is 1.17 bits per heavy atom. The molecule has 0 radical (unpaired) electrons. The van der Waals surface area contributed by atoms with Crippen molar-refractivity contribution >= 4 is 23.6 Å². The number of carbonyl (C=O) groups excluding carboxylic acids is 1. The van der Waals surface area contributed by atoms with Gasteiger partial charge in [-0.15, -0.1) is 0 Å². The number of nitrogen functional groups attached to an aromatic ring is 1. The summed E-state index contributed by atoms with van der Waals surface area (Å²) in [5.41, 5.74) is 7.97. The lowest BCUT2D eigenvalue weighted by Gasteiger charge is -2.38. The van der Waals surface area contributed by atoms with Crippen molar-refractivity contribution < 1.29 is 9.53 Å². The number of aromatic nitrogens is 4. The number of nitrogens with two attached hydrogens (primary N) is 1.